The molecule has 4 N–H and O–H groups in total. The highest BCUT2D eigenvalue weighted by Crippen LogP contribution is 2.24. The lowest BCUT2D eigenvalue weighted by Gasteiger charge is -2.39. The lowest BCUT2D eigenvalue weighted by molar-refractivity contribution is -0.139. The molecular formula is C14H21N5O2. The zero-order valence-corrected chi connectivity index (χ0v) is 12.1. The number of H-pyrrole nitrogens is 1. The number of carbonyl (C=O) groups excluding carboxylic acids is 2. The second-order valence-corrected chi connectivity index (χ2v) is 5.98. The SMILES string of the molecule is CC1CCC(C(N)=O)CN1C(=O)C1Cc2nc[nH]c2CN1. The average Bonchev–Trinajstić information content (AvgIpc) is 2.94. The molecule has 1 fully saturated rings. The van der Waals surface area contributed by atoms with E-state index in [1.165, 1.54) is 0 Å². The molecule has 3 heterocycles. The Morgan fingerprint density at radius 2 is 2.24 bits per heavy atom. The minimum atomic E-state index is -0.314. The van der Waals surface area contributed by atoms with E-state index >= 15 is 0 Å². The maximum absolute atomic E-state index is 12.7. The maximum atomic E-state index is 12.7. The Kier molecular flexibility index (Phi) is 3.67. The summed E-state index contributed by atoms with van der Waals surface area (Å²) in [5, 5.41) is 3.24. The summed E-state index contributed by atoms with van der Waals surface area (Å²) in [4.78, 5) is 33.2. The number of carbonyl (C=O) groups is 2. The van der Waals surface area contributed by atoms with Crippen LogP contribution in [0.3, 0.4) is 0 Å². The molecule has 3 rings (SSSR count). The number of hydrogen-bond acceptors (Lipinski definition) is 4. The van der Waals surface area contributed by atoms with E-state index in [0.29, 0.717) is 19.5 Å². The maximum Gasteiger partial charge on any atom is 0.240 e. The molecule has 3 unspecified atom stereocenters. The standard InChI is InChI=1S/C14H21N5O2/c1-8-2-3-9(13(15)20)6-19(8)14(21)11-4-10-12(5-16-11)18-7-17-10/h7-9,11,16H,2-6H2,1H3,(H2,15,20)(H,17,18). The average molecular weight is 291 g/mol. The van der Waals surface area contributed by atoms with Crippen LogP contribution < -0.4 is 11.1 Å². The van der Waals surface area contributed by atoms with E-state index < -0.39 is 0 Å². The monoisotopic (exact) mass is 291 g/mol. The van der Waals surface area contributed by atoms with Crippen molar-refractivity contribution in [3.8, 4) is 0 Å². The molecule has 2 aliphatic heterocycles. The largest absolute Gasteiger partial charge is 0.369 e. The third-order valence-electron chi connectivity index (χ3n) is 4.60. The normalized spacial score (nSPS) is 29.0. The summed E-state index contributed by atoms with van der Waals surface area (Å²) in [6.45, 7) is 3.08. The van der Waals surface area contributed by atoms with Gasteiger partial charge in [-0.2, -0.15) is 0 Å². The Labute approximate surface area is 123 Å². The van der Waals surface area contributed by atoms with Crippen LogP contribution in [0.5, 0.6) is 0 Å². The Morgan fingerprint density at radius 3 is 3.00 bits per heavy atom. The van der Waals surface area contributed by atoms with Gasteiger partial charge in [0.25, 0.3) is 0 Å². The van der Waals surface area contributed by atoms with Crippen LogP contribution in [0.1, 0.15) is 31.2 Å². The second kappa shape index (κ2) is 5.48. The molecule has 0 saturated carbocycles. The Bertz CT molecular complexity index is 555. The number of rotatable bonds is 2. The molecule has 1 aromatic heterocycles. The summed E-state index contributed by atoms with van der Waals surface area (Å²) in [5.74, 6) is -0.498. The van der Waals surface area contributed by atoms with E-state index in [1.54, 1.807) is 11.2 Å². The van der Waals surface area contributed by atoms with Crippen LogP contribution in [-0.4, -0.2) is 45.3 Å². The molecule has 7 heteroatoms. The van der Waals surface area contributed by atoms with Crippen molar-refractivity contribution >= 4 is 11.8 Å². The van der Waals surface area contributed by atoms with E-state index in [0.717, 1.165) is 24.2 Å². The van der Waals surface area contributed by atoms with E-state index in [-0.39, 0.29) is 29.8 Å². The molecule has 7 nitrogen and oxygen atoms in total. The zero-order valence-electron chi connectivity index (χ0n) is 12.1. The first-order chi connectivity index (χ1) is 10.1. The van der Waals surface area contributed by atoms with Crippen molar-refractivity contribution in [2.45, 2.75) is 44.8 Å². The van der Waals surface area contributed by atoms with Gasteiger partial charge in [-0.15, -0.1) is 0 Å². The number of nitrogens with zero attached hydrogens (tertiary/aromatic N) is 2. The predicted octanol–water partition coefficient (Wildman–Crippen LogP) is -0.464. The molecule has 0 spiro atoms. The van der Waals surface area contributed by atoms with E-state index in [1.807, 2.05) is 6.92 Å². The number of aromatic nitrogens is 2. The Balaban J connectivity index is 1.71. The molecule has 21 heavy (non-hydrogen) atoms. The highest BCUT2D eigenvalue weighted by atomic mass is 16.2. The predicted molar refractivity (Wildman–Crippen MR) is 76.0 cm³/mol. The number of aromatic amines is 1. The van der Waals surface area contributed by atoms with Gasteiger partial charge < -0.3 is 15.6 Å². The summed E-state index contributed by atoms with van der Waals surface area (Å²) in [5.41, 5.74) is 7.39. The van der Waals surface area contributed by atoms with Gasteiger partial charge in [-0.3, -0.25) is 14.9 Å². The minimum Gasteiger partial charge on any atom is -0.369 e. The fourth-order valence-corrected chi connectivity index (χ4v) is 3.19. The number of amides is 2. The Morgan fingerprint density at radius 1 is 1.43 bits per heavy atom. The van der Waals surface area contributed by atoms with Crippen molar-refractivity contribution in [2.24, 2.45) is 11.7 Å². The molecule has 1 aromatic rings. The molecule has 0 aromatic carbocycles. The molecule has 0 radical (unpaired) electrons. The van der Waals surface area contributed by atoms with Gasteiger partial charge in [0, 0.05) is 25.6 Å². The van der Waals surface area contributed by atoms with Crippen molar-refractivity contribution in [3.05, 3.63) is 17.7 Å². The molecule has 1 saturated heterocycles. The van der Waals surface area contributed by atoms with Gasteiger partial charge >= 0.3 is 0 Å². The van der Waals surface area contributed by atoms with Gasteiger partial charge in [0.2, 0.25) is 11.8 Å². The topological polar surface area (TPSA) is 104 Å². The van der Waals surface area contributed by atoms with E-state index in [4.69, 9.17) is 5.73 Å². The molecule has 2 amide bonds. The number of hydrogen-bond donors (Lipinski definition) is 3. The molecular weight excluding hydrogens is 270 g/mol. The number of piperidine rings is 1. The molecule has 0 bridgehead atoms. The molecule has 2 aliphatic rings. The number of primary amides is 1. The number of nitrogens with two attached hydrogens (primary N) is 1. The molecule has 114 valence electrons. The Hall–Kier alpha value is -1.89. The first kappa shape index (κ1) is 14.1. The first-order valence-corrected chi connectivity index (χ1v) is 7.40. The van der Waals surface area contributed by atoms with Crippen LogP contribution in [0.2, 0.25) is 0 Å². The van der Waals surface area contributed by atoms with Gasteiger partial charge in [0.05, 0.1) is 29.7 Å². The number of imidazole rings is 1. The third-order valence-corrected chi connectivity index (χ3v) is 4.60. The highest BCUT2D eigenvalue weighted by Gasteiger charge is 2.36. The second-order valence-electron chi connectivity index (χ2n) is 5.98. The van der Waals surface area contributed by atoms with Crippen molar-refractivity contribution in [1.29, 1.82) is 0 Å². The smallest absolute Gasteiger partial charge is 0.240 e. The van der Waals surface area contributed by atoms with Gasteiger partial charge in [-0.05, 0) is 19.8 Å². The molecule has 0 aliphatic carbocycles. The van der Waals surface area contributed by atoms with Crippen LogP contribution >= 0.6 is 0 Å². The van der Waals surface area contributed by atoms with Crippen LogP contribution in [-0.2, 0) is 22.6 Å². The number of fused-ring (bicyclic) bond motifs is 1. The van der Waals surface area contributed by atoms with Crippen molar-refractivity contribution in [1.82, 2.24) is 20.2 Å². The van der Waals surface area contributed by atoms with Gasteiger partial charge in [0.15, 0.2) is 0 Å². The summed E-state index contributed by atoms with van der Waals surface area (Å²) in [6, 6.07) is -0.120. The molecule has 3 atom stereocenters. The quantitative estimate of drug-likeness (QED) is 0.685. The van der Waals surface area contributed by atoms with Crippen LogP contribution in [0.15, 0.2) is 6.33 Å². The van der Waals surface area contributed by atoms with Crippen molar-refractivity contribution < 1.29 is 9.59 Å². The van der Waals surface area contributed by atoms with Gasteiger partial charge in [-0.1, -0.05) is 0 Å². The van der Waals surface area contributed by atoms with Crippen LogP contribution in [0.25, 0.3) is 0 Å². The fraction of sp³-hybridized carbons (Fsp3) is 0.643. The lowest BCUT2D eigenvalue weighted by atomic mass is 9.91. The number of nitrogens with one attached hydrogen (secondary N) is 2. The number of likely N-dealkylation sites (tertiary alicyclic amines) is 1. The third kappa shape index (κ3) is 2.65. The summed E-state index contributed by atoms with van der Waals surface area (Å²) in [6.07, 6.45) is 3.83. The first-order valence-electron chi connectivity index (χ1n) is 7.40. The zero-order chi connectivity index (χ0) is 15.0. The lowest BCUT2D eigenvalue weighted by Crippen LogP contribution is -2.56. The van der Waals surface area contributed by atoms with Crippen LogP contribution in [0, 0.1) is 5.92 Å². The highest BCUT2D eigenvalue weighted by molar-refractivity contribution is 5.84. The van der Waals surface area contributed by atoms with Crippen molar-refractivity contribution in [3.63, 3.8) is 0 Å². The van der Waals surface area contributed by atoms with Gasteiger partial charge in [0.1, 0.15) is 0 Å². The van der Waals surface area contributed by atoms with Crippen molar-refractivity contribution in [2.75, 3.05) is 6.54 Å². The van der Waals surface area contributed by atoms with Crippen LogP contribution in [0.4, 0.5) is 0 Å². The van der Waals surface area contributed by atoms with E-state index in [2.05, 4.69) is 15.3 Å². The summed E-state index contributed by atoms with van der Waals surface area (Å²) >= 11 is 0. The fourth-order valence-electron chi connectivity index (χ4n) is 3.19. The van der Waals surface area contributed by atoms with E-state index in [9.17, 15) is 9.59 Å². The van der Waals surface area contributed by atoms with Gasteiger partial charge in [-0.25, -0.2) is 4.98 Å². The minimum absolute atomic E-state index is 0.0436. The summed E-state index contributed by atoms with van der Waals surface area (Å²) < 4.78 is 0. The summed E-state index contributed by atoms with van der Waals surface area (Å²) in [7, 11) is 0.